The molecule has 0 saturated heterocycles. The van der Waals surface area contributed by atoms with Crippen molar-refractivity contribution in [1.82, 2.24) is 0 Å². The lowest BCUT2D eigenvalue weighted by molar-refractivity contribution is -0.369. The monoisotopic (exact) mass is 1970 g/mol. The Bertz CT molecular complexity index is 6300. The zero-order chi connectivity index (χ0) is 84.4. The Morgan fingerprint density at radius 1 is 0.252 bits per heavy atom. The van der Waals surface area contributed by atoms with Crippen LogP contribution in [0.3, 0.4) is 0 Å². The van der Waals surface area contributed by atoms with Crippen LogP contribution in [0.15, 0.2) is 330 Å². The molecule has 0 spiro atoms. The molecule has 600 valence electrons. The zero-order valence-electron chi connectivity index (χ0n) is 66.5. The van der Waals surface area contributed by atoms with Gasteiger partial charge in [-0.3, -0.25) is 0 Å². The van der Waals surface area contributed by atoms with Gasteiger partial charge in [-0.15, -0.1) is 0 Å². The Morgan fingerprint density at radius 3 is 0.849 bits per heavy atom. The van der Waals surface area contributed by atoms with E-state index >= 15 is 13.2 Å². The smallest absolute Gasteiger partial charge is 0.310 e. The highest BCUT2D eigenvalue weighted by Gasteiger charge is 2.65. The summed E-state index contributed by atoms with van der Waals surface area (Å²) in [5, 5.41) is 6.28. The molecule has 0 atom stereocenters. The molecule has 0 saturated carbocycles. The first-order valence-corrected chi connectivity index (χ1v) is 43.6. The van der Waals surface area contributed by atoms with Crippen molar-refractivity contribution in [2.45, 2.75) is 109 Å². The molecule has 0 fully saturated rings. The standard InChI is InChI=1S/C37H34Br2FN.C35H29Br2F2N.C30H17Br2F4NO/c1-35(2)31-20-25(21-32(40)34(31)36(3,4)37(35,5)6)30-19-23-9-7-8-10-24(23)22-33(30)41(28-15-11-26(38)12-16-28)29-17-13-27(39)14-18-29;1-33(2)30-18-9-24(20-31(30)34(3,4)35(33,38)39)29-19-22-7-5-6-8-23(22)21-32(29)40(27-14-10-25(36)11-15-27)28-16-12-26(37)13-17-28;31-21-6-10-23(11-7-21)37(24-12-8-22(32)9-13-24)28-17-19-4-2-1-3-18(19)15-25(28)20-5-14-26-27(16-20)30(35,36)38-29(26,33)34/h7-22H,1-6H3;5-21H,1-4H3;1-17H. The number of benzene rings is 15. The maximum absolute atomic E-state index is 16.4. The average Bonchev–Trinajstić information content (AvgIpc) is 1.64. The van der Waals surface area contributed by atoms with Crippen LogP contribution in [0.4, 0.5) is 81.9 Å². The summed E-state index contributed by atoms with van der Waals surface area (Å²) in [7, 11) is 0. The highest BCUT2D eigenvalue weighted by Crippen LogP contribution is 2.64. The van der Waals surface area contributed by atoms with Gasteiger partial charge in [0.25, 0.3) is 5.92 Å². The summed E-state index contributed by atoms with van der Waals surface area (Å²) in [6.07, 6.45) is -8.17. The van der Waals surface area contributed by atoms with E-state index in [1.807, 2.05) is 144 Å². The van der Waals surface area contributed by atoms with E-state index in [9.17, 15) is 17.6 Å². The van der Waals surface area contributed by atoms with Crippen molar-refractivity contribution in [3.63, 3.8) is 0 Å². The normalized spacial score (nSPS) is 16.2. The van der Waals surface area contributed by atoms with Crippen LogP contribution in [0.1, 0.15) is 103 Å². The van der Waals surface area contributed by atoms with Gasteiger partial charge in [0, 0.05) is 77.7 Å². The highest BCUT2D eigenvalue weighted by atomic mass is 79.9. The number of halogens is 13. The van der Waals surface area contributed by atoms with Crippen LogP contribution in [0.2, 0.25) is 0 Å². The Morgan fingerprint density at radius 2 is 0.521 bits per heavy atom. The second-order valence-corrected chi connectivity index (χ2v) is 38.7. The molecule has 0 amide bonds. The number of hydrogen-bond acceptors (Lipinski definition) is 4. The van der Waals surface area contributed by atoms with Gasteiger partial charge in [-0.25, -0.2) is 17.9 Å². The summed E-state index contributed by atoms with van der Waals surface area (Å²) in [6.45, 7) is 20.1. The molecular weight excluding hydrogens is 1900 g/mol. The maximum atomic E-state index is 16.4. The van der Waals surface area contributed by atoms with E-state index in [-0.39, 0.29) is 22.1 Å². The highest BCUT2D eigenvalue weighted by molar-refractivity contribution is 9.11. The van der Waals surface area contributed by atoms with Gasteiger partial charge in [0.1, 0.15) is 5.82 Å². The minimum atomic E-state index is -4.11. The van der Waals surface area contributed by atoms with Crippen molar-refractivity contribution >= 4 is 179 Å². The molecule has 0 bridgehead atoms. The van der Waals surface area contributed by atoms with Crippen molar-refractivity contribution in [2.75, 3.05) is 14.7 Å². The molecule has 15 aromatic rings. The van der Waals surface area contributed by atoms with Gasteiger partial charge in [-0.1, -0.05) is 240 Å². The summed E-state index contributed by atoms with van der Waals surface area (Å²) in [6, 6.07) is 99.1. The van der Waals surface area contributed by atoms with Crippen LogP contribution in [0.25, 0.3) is 65.7 Å². The van der Waals surface area contributed by atoms with Crippen molar-refractivity contribution in [1.29, 1.82) is 0 Å². The minimum Gasteiger partial charge on any atom is -0.310 e. The van der Waals surface area contributed by atoms with Crippen LogP contribution in [0.5, 0.6) is 0 Å². The van der Waals surface area contributed by atoms with Gasteiger partial charge in [-0.05, 0) is 315 Å². The molecule has 1 aliphatic heterocycles. The molecule has 4 nitrogen and oxygen atoms in total. The summed E-state index contributed by atoms with van der Waals surface area (Å²) in [4.78, 5) is 6.51. The number of anilines is 9. The molecular formula is C102H80Br6F7N3O. The van der Waals surface area contributed by atoms with Crippen LogP contribution >= 0.6 is 95.6 Å². The Labute approximate surface area is 739 Å². The predicted octanol–water partition coefficient (Wildman–Crippen LogP) is 34.6. The molecule has 17 heteroatoms. The Balaban J connectivity index is 0.000000133. The molecule has 119 heavy (non-hydrogen) atoms. The van der Waals surface area contributed by atoms with E-state index in [1.54, 1.807) is 33.8 Å². The Hall–Kier alpha value is -9.17. The third-order valence-corrected chi connectivity index (χ3v) is 28.3. The third kappa shape index (κ3) is 15.0. The van der Waals surface area contributed by atoms with E-state index in [4.69, 9.17) is 0 Å². The third-order valence-electron chi connectivity index (χ3n) is 25.1. The van der Waals surface area contributed by atoms with Gasteiger partial charge in [0.05, 0.1) is 39.0 Å². The van der Waals surface area contributed by atoms with E-state index in [0.29, 0.717) is 27.9 Å². The van der Waals surface area contributed by atoms with Crippen molar-refractivity contribution < 1.29 is 35.5 Å². The molecule has 18 rings (SSSR count). The van der Waals surface area contributed by atoms with Gasteiger partial charge in [0.15, 0.2) is 0 Å². The topological polar surface area (TPSA) is 19.0 Å². The zero-order valence-corrected chi connectivity index (χ0v) is 76.0. The Kier molecular flexibility index (Phi) is 22.0. The lowest BCUT2D eigenvalue weighted by atomic mass is 9.59. The van der Waals surface area contributed by atoms with Crippen molar-refractivity contribution in [3.8, 4) is 33.4 Å². The van der Waals surface area contributed by atoms with Gasteiger partial charge in [0.2, 0.25) is 0 Å². The maximum Gasteiger partial charge on any atom is 0.388 e. The summed E-state index contributed by atoms with van der Waals surface area (Å²) in [5.41, 5.74) is 11.6. The fraction of sp³-hybridized carbons (Fsp3) is 0.176. The van der Waals surface area contributed by atoms with E-state index in [0.717, 1.165) is 150 Å². The van der Waals surface area contributed by atoms with E-state index in [2.05, 4.69) is 291 Å². The molecule has 15 aromatic carbocycles. The molecule has 3 aliphatic rings. The number of fused-ring (bicyclic) bond motifs is 6. The number of alkyl halides is 6. The number of hydrogen-bond donors (Lipinski definition) is 0. The summed E-state index contributed by atoms with van der Waals surface area (Å²) >= 11 is 21.3. The molecule has 0 aromatic heterocycles. The SMILES string of the molecule is CC1(C)c2cc(-c3cc4ccccc4cc3N(c3ccc(Br)cc3)c3ccc(Br)cc3)cc(F)c2C(C)(C)C1(C)C.CC1(C)c2ccc(-c3cc4ccccc4cc3N(c3ccc(Br)cc3)c3ccc(Br)cc3)cc2C(C)(C)C1(F)F.FC1(F)OC(F)(F)c2cc(-c3cc4ccccc4cc3N(c3ccc(Br)cc3)c3ccc(Br)cc3)ccc21. The predicted molar refractivity (Wildman–Crippen MR) is 498 cm³/mol. The lowest BCUT2D eigenvalue weighted by Crippen LogP contribution is -2.46. The first-order chi connectivity index (χ1) is 56.4. The van der Waals surface area contributed by atoms with Gasteiger partial charge in [-0.2, -0.15) is 17.6 Å². The molecule has 0 radical (unpaired) electrons. The first kappa shape index (κ1) is 83.5. The lowest BCUT2D eigenvalue weighted by Gasteiger charge is -2.44. The van der Waals surface area contributed by atoms with Crippen molar-refractivity contribution in [3.05, 3.63) is 369 Å². The molecule has 2 aliphatic carbocycles. The second-order valence-electron chi connectivity index (χ2n) is 33.3. The largest absolute Gasteiger partial charge is 0.388 e. The molecule has 1 heterocycles. The average molecular weight is 1980 g/mol. The van der Waals surface area contributed by atoms with Crippen LogP contribution in [-0.4, -0.2) is 5.92 Å². The summed E-state index contributed by atoms with van der Waals surface area (Å²) in [5.74, 6) is -3.01. The van der Waals surface area contributed by atoms with Gasteiger partial charge >= 0.3 is 12.2 Å². The van der Waals surface area contributed by atoms with Crippen molar-refractivity contribution in [2.24, 2.45) is 5.41 Å². The molecule has 0 N–H and O–H groups in total. The summed E-state index contributed by atoms with van der Waals surface area (Å²) < 4.78 is 115. The quantitative estimate of drug-likeness (QED) is 0.113. The second kappa shape index (κ2) is 31.4. The number of ether oxygens (including phenoxy) is 1. The number of nitrogens with zero attached hydrogens (tertiary/aromatic N) is 3. The van der Waals surface area contributed by atoms with Crippen LogP contribution in [-0.2, 0) is 38.6 Å². The van der Waals surface area contributed by atoms with Gasteiger partial charge < -0.3 is 14.7 Å². The fourth-order valence-electron chi connectivity index (χ4n) is 17.4. The molecule has 0 unspecified atom stereocenters. The number of rotatable bonds is 12. The first-order valence-electron chi connectivity index (χ1n) is 38.9. The minimum absolute atomic E-state index is 0.126. The van der Waals surface area contributed by atoms with E-state index in [1.165, 1.54) is 6.07 Å². The fourth-order valence-corrected chi connectivity index (χ4v) is 19.0. The van der Waals surface area contributed by atoms with Crippen LogP contribution < -0.4 is 14.7 Å². The van der Waals surface area contributed by atoms with E-state index < -0.39 is 40.1 Å². The van der Waals surface area contributed by atoms with Crippen LogP contribution in [0, 0.1) is 11.2 Å².